The summed E-state index contributed by atoms with van der Waals surface area (Å²) in [4.78, 5) is 16.4. The van der Waals surface area contributed by atoms with Crippen LogP contribution in [0.2, 0.25) is 0 Å². The van der Waals surface area contributed by atoms with Crippen LogP contribution >= 0.6 is 0 Å². The number of nitrogens with zero attached hydrogens (tertiary/aromatic N) is 2. The Morgan fingerprint density at radius 1 is 1.04 bits per heavy atom. The Balaban J connectivity index is 1.62. The molecule has 2 aliphatic heterocycles. The summed E-state index contributed by atoms with van der Waals surface area (Å²) in [5.41, 5.74) is 1.32. The summed E-state index contributed by atoms with van der Waals surface area (Å²) in [7, 11) is 1.74. The molecule has 0 saturated carbocycles. The molecule has 1 aromatic carbocycles. The standard InChI is InChI=1S/C19H28N2O2/c1-23-18-8-4-3-7-17(18)16-9-13-21(14-10-16)19(15-22)20-11-5-2-6-12-20/h3-4,7-8,15-16,19H,2,5-6,9-14H2,1H3/t19-/m0/s1. The van der Waals surface area contributed by atoms with Crippen molar-refractivity contribution >= 4 is 6.29 Å². The van der Waals surface area contributed by atoms with Gasteiger partial charge in [-0.15, -0.1) is 0 Å². The molecular weight excluding hydrogens is 288 g/mol. The number of aldehydes is 1. The van der Waals surface area contributed by atoms with Gasteiger partial charge in [-0.25, -0.2) is 0 Å². The Hall–Kier alpha value is -1.39. The Morgan fingerprint density at radius 3 is 2.35 bits per heavy atom. The molecule has 23 heavy (non-hydrogen) atoms. The van der Waals surface area contributed by atoms with E-state index in [9.17, 15) is 4.79 Å². The van der Waals surface area contributed by atoms with Crippen LogP contribution in [0, 0.1) is 0 Å². The van der Waals surface area contributed by atoms with Crippen LogP contribution in [0.5, 0.6) is 5.75 Å². The molecule has 0 unspecified atom stereocenters. The van der Waals surface area contributed by atoms with Gasteiger partial charge in [-0.3, -0.25) is 9.80 Å². The number of likely N-dealkylation sites (tertiary alicyclic amines) is 2. The predicted molar refractivity (Wildman–Crippen MR) is 91.8 cm³/mol. The van der Waals surface area contributed by atoms with Crippen LogP contribution in [-0.4, -0.2) is 55.5 Å². The van der Waals surface area contributed by atoms with Crippen molar-refractivity contribution in [1.29, 1.82) is 0 Å². The first kappa shape index (κ1) is 16.5. The summed E-state index contributed by atoms with van der Waals surface area (Å²) >= 11 is 0. The van der Waals surface area contributed by atoms with Crippen molar-refractivity contribution in [2.75, 3.05) is 33.3 Å². The highest BCUT2D eigenvalue weighted by molar-refractivity contribution is 5.57. The largest absolute Gasteiger partial charge is 0.496 e. The zero-order valence-electron chi connectivity index (χ0n) is 14.1. The topological polar surface area (TPSA) is 32.8 Å². The van der Waals surface area contributed by atoms with Crippen LogP contribution in [0.4, 0.5) is 0 Å². The molecule has 0 amide bonds. The first-order valence-electron chi connectivity index (χ1n) is 8.90. The van der Waals surface area contributed by atoms with Crippen molar-refractivity contribution in [3.8, 4) is 5.75 Å². The second kappa shape index (κ2) is 7.93. The van der Waals surface area contributed by atoms with Crippen molar-refractivity contribution in [2.45, 2.75) is 44.2 Å². The molecule has 0 N–H and O–H groups in total. The van der Waals surface area contributed by atoms with Crippen LogP contribution < -0.4 is 4.74 Å². The first-order chi connectivity index (χ1) is 11.3. The predicted octanol–water partition coefficient (Wildman–Crippen LogP) is 2.89. The number of rotatable bonds is 5. The molecule has 1 aromatic rings. The molecule has 4 nitrogen and oxygen atoms in total. The fourth-order valence-corrected chi connectivity index (χ4v) is 4.06. The van der Waals surface area contributed by atoms with Crippen molar-refractivity contribution in [3.05, 3.63) is 29.8 Å². The quantitative estimate of drug-likeness (QED) is 0.782. The lowest BCUT2D eigenvalue weighted by Crippen LogP contribution is -2.53. The summed E-state index contributed by atoms with van der Waals surface area (Å²) in [6.45, 7) is 4.11. The van der Waals surface area contributed by atoms with Gasteiger partial charge in [-0.1, -0.05) is 24.6 Å². The Kier molecular flexibility index (Phi) is 5.68. The number of para-hydroxylation sites is 1. The van der Waals surface area contributed by atoms with E-state index in [1.807, 2.05) is 12.1 Å². The maximum atomic E-state index is 11.7. The minimum atomic E-state index is -0.0195. The number of carbonyl (C=O) groups is 1. The molecule has 2 aliphatic rings. The molecule has 0 aromatic heterocycles. The molecule has 0 spiro atoms. The smallest absolute Gasteiger partial charge is 0.151 e. The highest BCUT2D eigenvalue weighted by atomic mass is 16.5. The molecule has 1 atom stereocenters. The van der Waals surface area contributed by atoms with E-state index in [2.05, 4.69) is 21.9 Å². The van der Waals surface area contributed by atoms with Crippen molar-refractivity contribution in [3.63, 3.8) is 0 Å². The average molecular weight is 316 g/mol. The Labute approximate surface area is 139 Å². The number of carbonyl (C=O) groups excluding carboxylic acids is 1. The zero-order chi connectivity index (χ0) is 16.1. The van der Waals surface area contributed by atoms with Gasteiger partial charge in [-0.2, -0.15) is 0 Å². The molecule has 0 radical (unpaired) electrons. The van der Waals surface area contributed by atoms with E-state index in [1.165, 1.54) is 24.8 Å². The van der Waals surface area contributed by atoms with E-state index in [4.69, 9.17) is 4.74 Å². The van der Waals surface area contributed by atoms with Crippen molar-refractivity contribution in [2.24, 2.45) is 0 Å². The minimum absolute atomic E-state index is 0.0195. The monoisotopic (exact) mass is 316 g/mol. The van der Waals surface area contributed by atoms with Crippen LogP contribution in [0.25, 0.3) is 0 Å². The summed E-state index contributed by atoms with van der Waals surface area (Å²) < 4.78 is 5.51. The van der Waals surface area contributed by atoms with Crippen molar-refractivity contribution in [1.82, 2.24) is 9.80 Å². The van der Waals surface area contributed by atoms with Gasteiger partial charge < -0.3 is 9.53 Å². The molecule has 2 fully saturated rings. The zero-order valence-corrected chi connectivity index (χ0v) is 14.1. The lowest BCUT2D eigenvalue weighted by atomic mass is 9.88. The maximum Gasteiger partial charge on any atom is 0.151 e. The maximum absolute atomic E-state index is 11.7. The number of hydrogen-bond acceptors (Lipinski definition) is 4. The lowest BCUT2D eigenvalue weighted by Gasteiger charge is -2.41. The number of hydrogen-bond donors (Lipinski definition) is 0. The van der Waals surface area contributed by atoms with Gasteiger partial charge >= 0.3 is 0 Å². The molecule has 3 rings (SSSR count). The summed E-state index contributed by atoms with van der Waals surface area (Å²) in [6.07, 6.45) is 7.07. The number of ether oxygens (including phenoxy) is 1. The fraction of sp³-hybridized carbons (Fsp3) is 0.632. The summed E-state index contributed by atoms with van der Waals surface area (Å²) in [6, 6.07) is 8.34. The van der Waals surface area contributed by atoms with Gasteiger partial charge in [0.1, 0.15) is 11.9 Å². The molecule has 126 valence electrons. The van der Waals surface area contributed by atoms with Crippen LogP contribution in [0.3, 0.4) is 0 Å². The van der Waals surface area contributed by atoms with E-state index >= 15 is 0 Å². The van der Waals surface area contributed by atoms with Crippen LogP contribution in [0.1, 0.15) is 43.6 Å². The number of benzene rings is 1. The van der Waals surface area contributed by atoms with E-state index in [0.29, 0.717) is 5.92 Å². The number of piperidine rings is 2. The van der Waals surface area contributed by atoms with Gasteiger partial charge in [0.15, 0.2) is 6.29 Å². The molecule has 2 saturated heterocycles. The minimum Gasteiger partial charge on any atom is -0.496 e. The van der Waals surface area contributed by atoms with E-state index in [-0.39, 0.29) is 6.17 Å². The first-order valence-corrected chi connectivity index (χ1v) is 8.90. The molecule has 4 heteroatoms. The fourth-order valence-electron chi connectivity index (χ4n) is 4.06. The number of methoxy groups -OCH3 is 1. The van der Waals surface area contributed by atoms with E-state index in [0.717, 1.165) is 51.1 Å². The second-order valence-corrected chi connectivity index (χ2v) is 6.70. The molecule has 0 aliphatic carbocycles. The normalized spacial score (nSPS) is 22.7. The molecule has 0 bridgehead atoms. The van der Waals surface area contributed by atoms with E-state index < -0.39 is 0 Å². The van der Waals surface area contributed by atoms with Crippen LogP contribution in [-0.2, 0) is 4.79 Å². The third kappa shape index (κ3) is 3.75. The van der Waals surface area contributed by atoms with Crippen molar-refractivity contribution < 1.29 is 9.53 Å². The second-order valence-electron chi connectivity index (χ2n) is 6.70. The van der Waals surface area contributed by atoms with Gasteiger partial charge in [0.25, 0.3) is 0 Å². The highest BCUT2D eigenvalue weighted by Gasteiger charge is 2.30. The highest BCUT2D eigenvalue weighted by Crippen LogP contribution is 2.34. The Morgan fingerprint density at radius 2 is 1.70 bits per heavy atom. The molecular formula is C19H28N2O2. The van der Waals surface area contributed by atoms with Gasteiger partial charge in [0.05, 0.1) is 7.11 Å². The lowest BCUT2D eigenvalue weighted by molar-refractivity contribution is -0.120. The summed E-state index contributed by atoms with van der Waals surface area (Å²) in [5.74, 6) is 1.53. The van der Waals surface area contributed by atoms with Gasteiger partial charge in [-0.05, 0) is 43.2 Å². The van der Waals surface area contributed by atoms with E-state index in [1.54, 1.807) is 7.11 Å². The van der Waals surface area contributed by atoms with Crippen LogP contribution in [0.15, 0.2) is 24.3 Å². The summed E-state index contributed by atoms with van der Waals surface area (Å²) in [5, 5.41) is 0. The molecule has 2 heterocycles. The SMILES string of the molecule is COc1ccccc1C1CCN([C@@H](C=O)N2CCCCC2)CC1. The third-order valence-electron chi connectivity index (χ3n) is 5.37. The van der Waals surface area contributed by atoms with Gasteiger partial charge in [0, 0.05) is 26.2 Å². The Bertz CT molecular complexity index is 506. The third-order valence-corrected chi connectivity index (χ3v) is 5.37. The average Bonchev–Trinajstić information content (AvgIpc) is 2.64. The van der Waals surface area contributed by atoms with Gasteiger partial charge in [0.2, 0.25) is 0 Å².